The number of methoxy groups -OCH3 is 2. The molecular formula is C21H21N3O4. The van der Waals surface area contributed by atoms with Crippen molar-refractivity contribution >= 4 is 11.6 Å². The molecule has 1 amide bonds. The number of nitrogens with zero attached hydrogens (tertiary/aromatic N) is 3. The largest absolute Gasteiger partial charge is 0.493 e. The molecule has 7 nitrogen and oxygen atoms in total. The van der Waals surface area contributed by atoms with E-state index < -0.39 is 0 Å². The zero-order valence-electron chi connectivity index (χ0n) is 16.0. The van der Waals surface area contributed by atoms with E-state index in [1.165, 1.54) is 0 Å². The molecule has 0 aliphatic carbocycles. The summed E-state index contributed by atoms with van der Waals surface area (Å²) in [6.07, 6.45) is 0.360. The third kappa shape index (κ3) is 3.31. The van der Waals surface area contributed by atoms with Crippen LogP contribution in [0.1, 0.15) is 23.7 Å². The van der Waals surface area contributed by atoms with Crippen molar-refractivity contribution in [2.75, 3.05) is 25.7 Å². The number of aromatic nitrogens is 2. The minimum absolute atomic E-state index is 0.0614. The highest BCUT2D eigenvalue weighted by Gasteiger charge is 2.34. The van der Waals surface area contributed by atoms with Crippen LogP contribution in [0.5, 0.6) is 11.5 Å². The van der Waals surface area contributed by atoms with Crippen molar-refractivity contribution in [3.05, 3.63) is 53.9 Å². The first-order chi connectivity index (χ1) is 13.6. The molecular weight excluding hydrogens is 358 g/mol. The summed E-state index contributed by atoms with van der Waals surface area (Å²) in [5, 5.41) is 4.11. The van der Waals surface area contributed by atoms with Crippen LogP contribution in [0.15, 0.2) is 47.0 Å². The summed E-state index contributed by atoms with van der Waals surface area (Å²) < 4.78 is 16.0. The van der Waals surface area contributed by atoms with E-state index >= 15 is 0 Å². The lowest BCUT2D eigenvalue weighted by molar-refractivity contribution is -0.117. The zero-order chi connectivity index (χ0) is 19.7. The van der Waals surface area contributed by atoms with Gasteiger partial charge in [-0.25, -0.2) is 0 Å². The molecule has 0 bridgehead atoms. The molecule has 1 atom stereocenters. The first-order valence-corrected chi connectivity index (χ1v) is 9.02. The summed E-state index contributed by atoms with van der Waals surface area (Å²) in [6.45, 7) is 2.56. The van der Waals surface area contributed by atoms with Gasteiger partial charge >= 0.3 is 0 Å². The van der Waals surface area contributed by atoms with Gasteiger partial charge < -0.3 is 18.9 Å². The lowest BCUT2D eigenvalue weighted by Gasteiger charge is -2.16. The van der Waals surface area contributed by atoms with Gasteiger partial charge in [-0.2, -0.15) is 4.98 Å². The third-order valence-electron chi connectivity index (χ3n) is 4.91. The summed E-state index contributed by atoms with van der Waals surface area (Å²) >= 11 is 0. The third-order valence-corrected chi connectivity index (χ3v) is 4.91. The van der Waals surface area contributed by atoms with Crippen LogP contribution >= 0.6 is 0 Å². The maximum atomic E-state index is 12.5. The molecule has 0 N–H and O–H groups in total. The van der Waals surface area contributed by atoms with E-state index in [1.807, 2.05) is 37.3 Å². The number of carbonyl (C=O) groups excluding carboxylic acids is 1. The van der Waals surface area contributed by atoms with E-state index in [-0.39, 0.29) is 11.8 Å². The Labute approximate surface area is 162 Å². The number of benzene rings is 2. The van der Waals surface area contributed by atoms with E-state index in [0.29, 0.717) is 36.2 Å². The van der Waals surface area contributed by atoms with Gasteiger partial charge in [0.15, 0.2) is 17.3 Å². The van der Waals surface area contributed by atoms with Crippen LogP contribution in [0.3, 0.4) is 0 Å². The summed E-state index contributed by atoms with van der Waals surface area (Å²) in [7, 11) is 3.16. The van der Waals surface area contributed by atoms with Crippen LogP contribution in [0.25, 0.3) is 11.5 Å². The molecule has 1 aliphatic heterocycles. The second-order valence-corrected chi connectivity index (χ2v) is 6.77. The van der Waals surface area contributed by atoms with Gasteiger partial charge in [0.2, 0.25) is 5.91 Å². The molecule has 1 fully saturated rings. The van der Waals surface area contributed by atoms with Gasteiger partial charge in [0.1, 0.15) is 0 Å². The molecule has 0 saturated carbocycles. The number of aryl methyl sites for hydroxylation is 1. The highest BCUT2D eigenvalue weighted by atomic mass is 16.5. The Bertz CT molecular complexity index is 997. The molecule has 1 aromatic heterocycles. The summed E-state index contributed by atoms with van der Waals surface area (Å²) in [6, 6.07) is 13.3. The number of ether oxygens (including phenoxy) is 2. The van der Waals surface area contributed by atoms with Gasteiger partial charge in [0, 0.05) is 30.1 Å². The number of hydrogen-bond donors (Lipinski definition) is 0. The van der Waals surface area contributed by atoms with Crippen LogP contribution < -0.4 is 14.4 Å². The van der Waals surface area contributed by atoms with Crippen LogP contribution in [-0.4, -0.2) is 36.8 Å². The molecule has 7 heteroatoms. The molecule has 1 saturated heterocycles. The van der Waals surface area contributed by atoms with Crippen LogP contribution in [0.4, 0.5) is 5.69 Å². The van der Waals surface area contributed by atoms with Crippen molar-refractivity contribution in [3.63, 3.8) is 0 Å². The molecule has 3 aromatic rings. The minimum atomic E-state index is -0.105. The van der Waals surface area contributed by atoms with E-state index in [1.54, 1.807) is 31.3 Å². The van der Waals surface area contributed by atoms with Crippen molar-refractivity contribution in [1.29, 1.82) is 0 Å². The maximum Gasteiger partial charge on any atom is 0.258 e. The quantitative estimate of drug-likeness (QED) is 0.674. The van der Waals surface area contributed by atoms with E-state index in [0.717, 1.165) is 16.8 Å². The van der Waals surface area contributed by atoms with Gasteiger partial charge in [-0.3, -0.25) is 4.79 Å². The minimum Gasteiger partial charge on any atom is -0.493 e. The Balaban J connectivity index is 1.55. The Kier molecular flexibility index (Phi) is 4.73. The maximum absolute atomic E-state index is 12.5. The first kappa shape index (κ1) is 18.0. The fraction of sp³-hybridized carbons (Fsp3) is 0.286. The van der Waals surface area contributed by atoms with Crippen molar-refractivity contribution in [3.8, 4) is 23.0 Å². The normalized spacial score (nSPS) is 16.5. The predicted octanol–water partition coefficient (Wildman–Crippen LogP) is 3.58. The van der Waals surface area contributed by atoms with E-state index in [2.05, 4.69) is 10.1 Å². The smallest absolute Gasteiger partial charge is 0.258 e. The predicted molar refractivity (Wildman–Crippen MR) is 104 cm³/mol. The van der Waals surface area contributed by atoms with Crippen molar-refractivity contribution in [2.45, 2.75) is 19.3 Å². The zero-order valence-corrected chi connectivity index (χ0v) is 16.0. The fourth-order valence-corrected chi connectivity index (χ4v) is 3.34. The molecule has 4 rings (SSSR count). The molecule has 2 aromatic carbocycles. The number of rotatable bonds is 5. The Morgan fingerprint density at radius 3 is 2.54 bits per heavy atom. The average molecular weight is 379 g/mol. The monoisotopic (exact) mass is 379 g/mol. The Morgan fingerprint density at radius 2 is 1.82 bits per heavy atom. The molecule has 2 heterocycles. The van der Waals surface area contributed by atoms with Gasteiger partial charge in [-0.05, 0) is 37.3 Å². The van der Waals surface area contributed by atoms with Gasteiger partial charge in [0.05, 0.1) is 14.2 Å². The van der Waals surface area contributed by atoms with Crippen LogP contribution in [0, 0.1) is 6.92 Å². The summed E-state index contributed by atoms with van der Waals surface area (Å²) in [5.74, 6) is 2.09. The van der Waals surface area contributed by atoms with E-state index in [9.17, 15) is 4.79 Å². The number of anilines is 1. The lowest BCUT2D eigenvalue weighted by atomic mass is 10.1. The highest BCUT2D eigenvalue weighted by Crippen LogP contribution is 2.34. The van der Waals surface area contributed by atoms with Crippen molar-refractivity contribution in [2.24, 2.45) is 0 Å². The van der Waals surface area contributed by atoms with Gasteiger partial charge in [0.25, 0.3) is 5.89 Å². The second kappa shape index (κ2) is 7.34. The number of carbonyl (C=O) groups is 1. The molecule has 1 aliphatic rings. The van der Waals surface area contributed by atoms with Crippen LogP contribution in [0.2, 0.25) is 0 Å². The molecule has 0 radical (unpaired) electrons. The topological polar surface area (TPSA) is 77.7 Å². The fourth-order valence-electron chi connectivity index (χ4n) is 3.34. The number of hydrogen-bond acceptors (Lipinski definition) is 6. The van der Waals surface area contributed by atoms with Gasteiger partial charge in [-0.1, -0.05) is 22.9 Å². The Hall–Kier alpha value is -3.35. The molecule has 144 valence electrons. The average Bonchev–Trinajstić information content (AvgIpc) is 3.35. The van der Waals surface area contributed by atoms with Crippen molar-refractivity contribution in [1.82, 2.24) is 10.1 Å². The lowest BCUT2D eigenvalue weighted by Crippen LogP contribution is -2.24. The summed E-state index contributed by atoms with van der Waals surface area (Å²) in [4.78, 5) is 18.8. The van der Waals surface area contributed by atoms with Gasteiger partial charge in [-0.15, -0.1) is 0 Å². The standard InChI is InChI=1S/C21H21N3O4/c1-13-4-7-16(8-5-13)24-12-15(11-19(24)25)20-22-21(28-23-20)14-6-9-17(26-2)18(10-14)27-3/h4-10,15H,11-12H2,1-3H3. The summed E-state index contributed by atoms with van der Waals surface area (Å²) in [5.41, 5.74) is 2.78. The number of amides is 1. The second-order valence-electron chi connectivity index (χ2n) is 6.77. The SMILES string of the molecule is COc1ccc(-c2nc(C3CC(=O)N(c4ccc(C)cc4)C3)no2)cc1OC. The molecule has 0 spiro atoms. The highest BCUT2D eigenvalue weighted by molar-refractivity contribution is 5.96. The van der Waals surface area contributed by atoms with Crippen LogP contribution in [-0.2, 0) is 4.79 Å². The molecule has 1 unspecified atom stereocenters. The molecule has 28 heavy (non-hydrogen) atoms. The first-order valence-electron chi connectivity index (χ1n) is 9.02. The van der Waals surface area contributed by atoms with E-state index in [4.69, 9.17) is 14.0 Å². The van der Waals surface area contributed by atoms with Crippen molar-refractivity contribution < 1.29 is 18.8 Å². The Morgan fingerprint density at radius 1 is 1.07 bits per heavy atom.